The Balaban J connectivity index is 3.08. The minimum atomic E-state index is -1.20. The number of hydrogen-bond acceptors (Lipinski definition) is 6. The van der Waals surface area contributed by atoms with Gasteiger partial charge in [-0.3, -0.25) is 9.59 Å². The molecule has 7 nitrogen and oxygen atoms in total. The average Bonchev–Trinajstić information content (AvgIpc) is 2.51. The summed E-state index contributed by atoms with van der Waals surface area (Å²) in [4.78, 5) is 37.7. The lowest BCUT2D eigenvalue weighted by Gasteiger charge is -2.26. The highest BCUT2D eigenvalue weighted by Crippen LogP contribution is 2.24. The summed E-state index contributed by atoms with van der Waals surface area (Å²) in [6.07, 6.45) is -0.349. The standard InChI is InChI=1S/C21H30BrNO6/c1-8-27-16-11-13(22)9-10-14(16)18(25)23-15(19(26)29-21(5,6)7)12-17(24)28-20(2,3)4/h9-11,15H,8,12H2,1-7H3,(H,23,25)/t15-/m0/s1. The summed E-state index contributed by atoms with van der Waals surface area (Å²) in [5, 5.41) is 2.58. The summed E-state index contributed by atoms with van der Waals surface area (Å²) in [7, 11) is 0. The van der Waals surface area contributed by atoms with Crippen molar-refractivity contribution in [1.82, 2.24) is 5.32 Å². The maximum atomic E-state index is 12.8. The fraction of sp³-hybridized carbons (Fsp3) is 0.571. The summed E-state index contributed by atoms with van der Waals surface area (Å²) in [5.74, 6) is -1.53. The van der Waals surface area contributed by atoms with Crippen LogP contribution in [-0.2, 0) is 19.1 Å². The van der Waals surface area contributed by atoms with Crippen molar-refractivity contribution in [3.05, 3.63) is 28.2 Å². The zero-order valence-electron chi connectivity index (χ0n) is 18.1. The van der Waals surface area contributed by atoms with Gasteiger partial charge in [0.05, 0.1) is 18.6 Å². The molecule has 0 unspecified atom stereocenters. The fourth-order valence-electron chi connectivity index (χ4n) is 2.31. The smallest absolute Gasteiger partial charge is 0.329 e. The molecule has 0 radical (unpaired) electrons. The van der Waals surface area contributed by atoms with Gasteiger partial charge in [0.15, 0.2) is 0 Å². The van der Waals surface area contributed by atoms with Crippen LogP contribution in [0.2, 0.25) is 0 Å². The number of ether oxygens (including phenoxy) is 3. The van der Waals surface area contributed by atoms with E-state index in [1.54, 1.807) is 66.7 Å². The van der Waals surface area contributed by atoms with Crippen LogP contribution in [0.5, 0.6) is 5.75 Å². The van der Waals surface area contributed by atoms with Gasteiger partial charge in [-0.05, 0) is 66.7 Å². The predicted molar refractivity (Wildman–Crippen MR) is 113 cm³/mol. The predicted octanol–water partition coefficient (Wildman–Crippen LogP) is 4.02. The Hall–Kier alpha value is -2.09. The van der Waals surface area contributed by atoms with Crippen LogP contribution >= 0.6 is 15.9 Å². The van der Waals surface area contributed by atoms with E-state index in [0.29, 0.717) is 12.4 Å². The van der Waals surface area contributed by atoms with E-state index in [0.717, 1.165) is 4.47 Å². The number of amides is 1. The number of benzene rings is 1. The number of esters is 2. The van der Waals surface area contributed by atoms with Gasteiger partial charge in [0, 0.05) is 4.47 Å². The molecule has 1 aromatic rings. The number of hydrogen-bond donors (Lipinski definition) is 1. The first-order valence-corrected chi connectivity index (χ1v) is 10.2. The molecule has 0 aliphatic heterocycles. The van der Waals surface area contributed by atoms with Crippen molar-refractivity contribution in [3.63, 3.8) is 0 Å². The molecule has 1 amide bonds. The number of carbonyl (C=O) groups is 3. The first-order chi connectivity index (χ1) is 13.2. The summed E-state index contributed by atoms with van der Waals surface area (Å²) in [6.45, 7) is 12.5. The van der Waals surface area contributed by atoms with Crippen LogP contribution in [0.15, 0.2) is 22.7 Å². The lowest BCUT2D eigenvalue weighted by atomic mass is 10.1. The Morgan fingerprint density at radius 2 is 1.62 bits per heavy atom. The van der Waals surface area contributed by atoms with Crippen LogP contribution < -0.4 is 10.1 Å². The van der Waals surface area contributed by atoms with Gasteiger partial charge < -0.3 is 19.5 Å². The van der Waals surface area contributed by atoms with Gasteiger partial charge in [0.25, 0.3) is 5.91 Å². The largest absolute Gasteiger partial charge is 0.493 e. The molecule has 0 saturated carbocycles. The van der Waals surface area contributed by atoms with Crippen LogP contribution in [0.25, 0.3) is 0 Å². The fourth-order valence-corrected chi connectivity index (χ4v) is 2.65. The first-order valence-electron chi connectivity index (χ1n) is 9.39. The second-order valence-electron chi connectivity index (χ2n) is 8.42. The quantitative estimate of drug-likeness (QED) is 0.603. The normalized spacial score (nSPS) is 12.7. The molecule has 0 aliphatic rings. The van der Waals surface area contributed by atoms with Crippen LogP contribution in [0.1, 0.15) is 65.2 Å². The molecule has 0 spiro atoms. The molecule has 1 atom stereocenters. The molecule has 1 N–H and O–H groups in total. The Kier molecular flexibility index (Phi) is 8.68. The van der Waals surface area contributed by atoms with E-state index >= 15 is 0 Å². The van der Waals surface area contributed by atoms with Crippen LogP contribution in [0.4, 0.5) is 0 Å². The molecule has 0 aliphatic carbocycles. The van der Waals surface area contributed by atoms with E-state index in [2.05, 4.69) is 21.2 Å². The monoisotopic (exact) mass is 471 g/mol. The van der Waals surface area contributed by atoms with Gasteiger partial charge in [0.2, 0.25) is 0 Å². The topological polar surface area (TPSA) is 90.9 Å². The van der Waals surface area contributed by atoms with Crippen molar-refractivity contribution >= 4 is 33.8 Å². The van der Waals surface area contributed by atoms with Crippen molar-refractivity contribution in [2.75, 3.05) is 6.61 Å². The van der Waals surface area contributed by atoms with Gasteiger partial charge in [-0.1, -0.05) is 15.9 Å². The second kappa shape index (κ2) is 10.1. The Morgan fingerprint density at radius 3 is 2.14 bits per heavy atom. The number of rotatable bonds is 7. The van der Waals surface area contributed by atoms with Gasteiger partial charge >= 0.3 is 11.9 Å². The summed E-state index contributed by atoms with van der Waals surface area (Å²) in [6, 6.07) is 3.72. The molecular weight excluding hydrogens is 442 g/mol. The Bertz CT molecular complexity index is 749. The van der Waals surface area contributed by atoms with Gasteiger partial charge in [-0.15, -0.1) is 0 Å². The third-order valence-electron chi connectivity index (χ3n) is 3.28. The number of halogens is 1. The average molecular weight is 472 g/mol. The van der Waals surface area contributed by atoms with E-state index in [1.807, 2.05) is 0 Å². The Morgan fingerprint density at radius 1 is 1.03 bits per heavy atom. The van der Waals surface area contributed by atoms with Crippen molar-refractivity contribution < 1.29 is 28.6 Å². The van der Waals surface area contributed by atoms with E-state index in [4.69, 9.17) is 14.2 Å². The van der Waals surface area contributed by atoms with E-state index in [9.17, 15) is 14.4 Å². The molecule has 0 fully saturated rings. The van der Waals surface area contributed by atoms with Gasteiger partial charge in [-0.25, -0.2) is 4.79 Å². The zero-order chi connectivity index (χ0) is 22.4. The Labute approximate surface area is 180 Å². The highest BCUT2D eigenvalue weighted by molar-refractivity contribution is 9.10. The molecule has 0 bridgehead atoms. The SMILES string of the molecule is CCOc1cc(Br)ccc1C(=O)N[C@@H](CC(=O)OC(C)(C)C)C(=O)OC(C)(C)C. The molecule has 162 valence electrons. The molecule has 8 heteroatoms. The lowest BCUT2D eigenvalue weighted by molar-refractivity contribution is -0.164. The molecule has 29 heavy (non-hydrogen) atoms. The van der Waals surface area contributed by atoms with Crippen molar-refractivity contribution in [1.29, 1.82) is 0 Å². The lowest BCUT2D eigenvalue weighted by Crippen LogP contribution is -2.46. The molecule has 1 rings (SSSR count). The summed E-state index contributed by atoms with van der Waals surface area (Å²) >= 11 is 3.34. The van der Waals surface area contributed by atoms with Crippen molar-refractivity contribution in [2.24, 2.45) is 0 Å². The van der Waals surface area contributed by atoms with Gasteiger partial charge in [0.1, 0.15) is 23.0 Å². The number of carbonyl (C=O) groups excluding carboxylic acids is 3. The maximum absolute atomic E-state index is 12.8. The summed E-state index contributed by atoms with van der Waals surface area (Å²) in [5.41, 5.74) is -1.25. The molecule has 0 saturated heterocycles. The van der Waals surface area contributed by atoms with Crippen molar-refractivity contribution in [2.45, 2.75) is 72.1 Å². The number of nitrogens with one attached hydrogen (secondary N) is 1. The highest BCUT2D eigenvalue weighted by Gasteiger charge is 2.31. The van der Waals surface area contributed by atoms with E-state index in [1.165, 1.54) is 0 Å². The second-order valence-corrected chi connectivity index (χ2v) is 9.34. The molecule has 1 aromatic carbocycles. The van der Waals surface area contributed by atoms with E-state index in [-0.39, 0.29) is 12.0 Å². The van der Waals surface area contributed by atoms with Crippen LogP contribution in [-0.4, -0.2) is 41.7 Å². The minimum Gasteiger partial charge on any atom is -0.493 e. The highest BCUT2D eigenvalue weighted by atomic mass is 79.9. The molecular formula is C21H30BrNO6. The third-order valence-corrected chi connectivity index (χ3v) is 3.77. The maximum Gasteiger partial charge on any atom is 0.329 e. The zero-order valence-corrected chi connectivity index (χ0v) is 19.6. The van der Waals surface area contributed by atoms with E-state index < -0.39 is 35.1 Å². The third kappa shape index (κ3) is 9.30. The molecule has 0 aromatic heterocycles. The summed E-state index contributed by atoms with van der Waals surface area (Å²) < 4.78 is 16.9. The molecule has 0 heterocycles. The van der Waals surface area contributed by atoms with Crippen molar-refractivity contribution in [3.8, 4) is 5.75 Å². The minimum absolute atomic E-state index is 0.243. The first kappa shape index (κ1) is 24.9. The van der Waals surface area contributed by atoms with Gasteiger partial charge in [-0.2, -0.15) is 0 Å². The van der Waals surface area contributed by atoms with Crippen LogP contribution in [0, 0.1) is 0 Å². The van der Waals surface area contributed by atoms with Crippen LogP contribution in [0.3, 0.4) is 0 Å².